The van der Waals surface area contributed by atoms with Crippen LogP contribution in [0.1, 0.15) is 30.0 Å². The first-order valence-corrected chi connectivity index (χ1v) is 10.5. The molecule has 0 bridgehead atoms. The van der Waals surface area contributed by atoms with Crippen molar-refractivity contribution >= 4 is 23.3 Å². The number of alkyl halides is 3. The lowest BCUT2D eigenvalue weighted by atomic mass is 9.95. The van der Waals surface area contributed by atoms with Crippen molar-refractivity contribution in [2.45, 2.75) is 25.1 Å². The van der Waals surface area contributed by atoms with Crippen molar-refractivity contribution in [3.8, 4) is 0 Å². The molecule has 3 rings (SSSR count). The number of benzene rings is 1. The molecule has 2 heterocycles. The Labute approximate surface area is 185 Å². The molecule has 1 N–H and O–H groups in total. The van der Waals surface area contributed by atoms with Gasteiger partial charge >= 0.3 is 6.18 Å². The average molecular weight is 455 g/mol. The molecule has 1 aromatic carbocycles. The lowest BCUT2D eigenvalue weighted by Crippen LogP contribution is -2.43. The summed E-state index contributed by atoms with van der Waals surface area (Å²) in [4.78, 5) is 20.6. The van der Waals surface area contributed by atoms with Crippen LogP contribution in [0.5, 0.6) is 0 Å². The minimum Gasteiger partial charge on any atom is -0.357 e. The van der Waals surface area contributed by atoms with Gasteiger partial charge in [0.2, 0.25) is 5.91 Å². The number of carbonyl (C=O) groups is 1. The van der Waals surface area contributed by atoms with E-state index in [1.54, 1.807) is 0 Å². The van der Waals surface area contributed by atoms with Crippen LogP contribution in [-0.2, 0) is 11.0 Å². The van der Waals surface area contributed by atoms with Gasteiger partial charge in [0.1, 0.15) is 5.82 Å². The molecule has 0 radical (unpaired) electrons. The maximum absolute atomic E-state index is 12.7. The van der Waals surface area contributed by atoms with Gasteiger partial charge in [-0.05, 0) is 50.7 Å². The van der Waals surface area contributed by atoms with Crippen molar-refractivity contribution in [3.05, 3.63) is 58.7 Å². The predicted octanol–water partition coefficient (Wildman–Crippen LogP) is 4.39. The highest BCUT2D eigenvalue weighted by Gasteiger charge is 2.31. The molecule has 9 heteroatoms. The van der Waals surface area contributed by atoms with Crippen LogP contribution < -0.4 is 10.2 Å². The quantitative estimate of drug-likeness (QED) is 0.703. The fourth-order valence-corrected chi connectivity index (χ4v) is 4.03. The molecule has 1 unspecified atom stereocenters. The summed E-state index contributed by atoms with van der Waals surface area (Å²) < 4.78 is 38.1. The van der Waals surface area contributed by atoms with E-state index in [9.17, 15) is 18.0 Å². The summed E-state index contributed by atoms with van der Waals surface area (Å²) in [6.07, 6.45) is -2.31. The predicted molar refractivity (Wildman–Crippen MR) is 115 cm³/mol. The van der Waals surface area contributed by atoms with Crippen molar-refractivity contribution < 1.29 is 18.0 Å². The molecule has 168 valence electrons. The highest BCUT2D eigenvalue weighted by Crippen LogP contribution is 2.30. The molecular formula is C22H26ClF3N4O. The second-order valence-corrected chi connectivity index (χ2v) is 8.32. The van der Waals surface area contributed by atoms with Gasteiger partial charge in [-0.2, -0.15) is 13.2 Å². The maximum atomic E-state index is 12.7. The van der Waals surface area contributed by atoms with E-state index in [-0.39, 0.29) is 17.9 Å². The van der Waals surface area contributed by atoms with Crippen molar-refractivity contribution in [3.63, 3.8) is 0 Å². The van der Waals surface area contributed by atoms with Crippen molar-refractivity contribution in [2.75, 3.05) is 38.6 Å². The number of nitrogens with zero attached hydrogens (tertiary/aromatic N) is 3. The fraction of sp³-hybridized carbons (Fsp3) is 0.455. The van der Waals surface area contributed by atoms with E-state index in [2.05, 4.69) is 10.3 Å². The molecule has 1 aromatic heterocycles. The number of amides is 1. The maximum Gasteiger partial charge on any atom is 0.417 e. The zero-order chi connectivity index (χ0) is 22.6. The molecule has 0 spiro atoms. The smallest absolute Gasteiger partial charge is 0.357 e. The number of hydrogen-bond acceptors (Lipinski definition) is 4. The van der Waals surface area contributed by atoms with Crippen LogP contribution >= 0.6 is 11.6 Å². The van der Waals surface area contributed by atoms with Crippen LogP contribution in [0.15, 0.2) is 42.6 Å². The van der Waals surface area contributed by atoms with Crippen LogP contribution in [-0.4, -0.2) is 49.5 Å². The number of rotatable bonds is 6. The highest BCUT2D eigenvalue weighted by molar-refractivity contribution is 6.31. The summed E-state index contributed by atoms with van der Waals surface area (Å²) in [5, 5.41) is 3.70. The topological polar surface area (TPSA) is 48.5 Å². The van der Waals surface area contributed by atoms with Gasteiger partial charge in [-0.1, -0.05) is 29.8 Å². The minimum atomic E-state index is -4.40. The molecule has 1 amide bonds. The molecule has 5 nitrogen and oxygen atoms in total. The highest BCUT2D eigenvalue weighted by atomic mass is 35.5. The lowest BCUT2D eigenvalue weighted by Gasteiger charge is -2.33. The van der Waals surface area contributed by atoms with Crippen molar-refractivity contribution in [1.82, 2.24) is 15.2 Å². The van der Waals surface area contributed by atoms with E-state index in [4.69, 9.17) is 11.6 Å². The van der Waals surface area contributed by atoms with E-state index in [0.29, 0.717) is 43.3 Å². The van der Waals surface area contributed by atoms with Gasteiger partial charge in [0.15, 0.2) is 0 Å². The summed E-state index contributed by atoms with van der Waals surface area (Å²) in [7, 11) is 3.88. The Bertz CT molecular complexity index is 881. The van der Waals surface area contributed by atoms with Crippen LogP contribution in [0.3, 0.4) is 0 Å². The monoisotopic (exact) mass is 454 g/mol. The van der Waals surface area contributed by atoms with E-state index < -0.39 is 11.7 Å². The van der Waals surface area contributed by atoms with Gasteiger partial charge in [-0.3, -0.25) is 4.79 Å². The van der Waals surface area contributed by atoms with Crippen LogP contribution in [0.4, 0.5) is 19.0 Å². The number of aromatic nitrogens is 1. The zero-order valence-electron chi connectivity index (χ0n) is 17.5. The van der Waals surface area contributed by atoms with Crippen molar-refractivity contribution in [2.24, 2.45) is 5.92 Å². The van der Waals surface area contributed by atoms with E-state index in [1.165, 1.54) is 6.07 Å². The van der Waals surface area contributed by atoms with Gasteiger partial charge in [-0.15, -0.1) is 0 Å². The molecule has 0 aliphatic carbocycles. The van der Waals surface area contributed by atoms with E-state index >= 15 is 0 Å². The summed E-state index contributed by atoms with van der Waals surface area (Å²) in [6.45, 7) is 1.58. The molecule has 1 atom stereocenters. The number of piperidine rings is 1. The summed E-state index contributed by atoms with van der Waals surface area (Å²) in [5.41, 5.74) is 0.192. The van der Waals surface area contributed by atoms with Gasteiger partial charge in [0.05, 0.1) is 11.6 Å². The first-order valence-electron chi connectivity index (χ1n) is 10.1. The minimum absolute atomic E-state index is 0.0149. The number of pyridine rings is 1. The Morgan fingerprint density at radius 3 is 2.45 bits per heavy atom. The normalized spacial score (nSPS) is 16.4. The second kappa shape index (κ2) is 9.87. The van der Waals surface area contributed by atoms with Crippen LogP contribution in [0.25, 0.3) is 0 Å². The Morgan fingerprint density at radius 2 is 1.90 bits per heavy atom. The van der Waals surface area contributed by atoms with Crippen LogP contribution in [0.2, 0.25) is 5.02 Å². The number of hydrogen-bond donors (Lipinski definition) is 1. The molecule has 1 saturated heterocycles. The SMILES string of the molecule is CN(C)C(CNC(=O)C1CCN(c2ccc(C(F)(F)F)cn2)CC1)c1ccccc1Cl. The first kappa shape index (κ1) is 23.3. The second-order valence-electron chi connectivity index (χ2n) is 7.91. The third kappa shape index (κ3) is 5.89. The molecule has 1 fully saturated rings. The average Bonchev–Trinajstić information content (AvgIpc) is 2.74. The summed E-state index contributed by atoms with van der Waals surface area (Å²) in [6, 6.07) is 9.95. The fourth-order valence-electron chi connectivity index (χ4n) is 3.77. The third-order valence-electron chi connectivity index (χ3n) is 5.62. The van der Waals surface area contributed by atoms with E-state index in [0.717, 1.165) is 17.8 Å². The van der Waals surface area contributed by atoms with Gasteiger partial charge in [-0.25, -0.2) is 4.98 Å². The number of likely N-dealkylation sites (N-methyl/N-ethyl adjacent to an activating group) is 1. The molecular weight excluding hydrogens is 429 g/mol. The Kier molecular flexibility index (Phi) is 7.43. The number of halogens is 4. The van der Waals surface area contributed by atoms with Crippen LogP contribution in [0, 0.1) is 5.92 Å². The Balaban J connectivity index is 1.53. The number of nitrogens with one attached hydrogen (secondary N) is 1. The van der Waals surface area contributed by atoms with Gasteiger partial charge in [0, 0.05) is 36.8 Å². The van der Waals surface area contributed by atoms with Gasteiger partial charge in [0.25, 0.3) is 0 Å². The Hall–Kier alpha value is -2.32. The van der Waals surface area contributed by atoms with E-state index in [1.807, 2.05) is 48.2 Å². The molecule has 1 aliphatic heterocycles. The Morgan fingerprint density at radius 1 is 1.23 bits per heavy atom. The van der Waals surface area contributed by atoms with Gasteiger partial charge < -0.3 is 15.1 Å². The third-order valence-corrected chi connectivity index (χ3v) is 5.97. The molecule has 2 aromatic rings. The summed E-state index contributed by atoms with van der Waals surface area (Å²) >= 11 is 6.32. The standard InChI is InChI=1S/C22H26ClF3N4O/c1-29(2)19(17-5-3-4-6-18(17)23)14-28-21(31)15-9-11-30(12-10-15)20-8-7-16(13-27-20)22(24,25)26/h3-8,13,15,19H,9-12,14H2,1-2H3,(H,28,31). The number of anilines is 1. The largest absolute Gasteiger partial charge is 0.417 e. The summed E-state index contributed by atoms with van der Waals surface area (Å²) in [5.74, 6) is 0.344. The first-order chi connectivity index (χ1) is 14.7. The number of carbonyl (C=O) groups excluding carboxylic acids is 1. The lowest BCUT2D eigenvalue weighted by molar-refractivity contribution is -0.137. The molecule has 31 heavy (non-hydrogen) atoms. The zero-order valence-corrected chi connectivity index (χ0v) is 18.2. The molecule has 0 saturated carbocycles. The molecule has 1 aliphatic rings. The van der Waals surface area contributed by atoms with Crippen molar-refractivity contribution in [1.29, 1.82) is 0 Å².